The van der Waals surface area contributed by atoms with Crippen LogP contribution in [0.1, 0.15) is 40.0 Å². The Balaban J connectivity index is 1.47. The van der Waals surface area contributed by atoms with E-state index in [-0.39, 0.29) is 11.5 Å². The normalized spacial score (nSPS) is 36.5. The number of amides is 1. The molecule has 4 rings (SSSR count). The van der Waals surface area contributed by atoms with Gasteiger partial charge in [-0.15, -0.1) is 0 Å². The van der Waals surface area contributed by atoms with Gasteiger partial charge in [0.1, 0.15) is 0 Å². The Morgan fingerprint density at radius 2 is 1.75 bits per heavy atom. The SMILES string of the molecule is O=C(O)c1cccc(C(=O)NC2C3C4CCC(C4)C23)c1. The first-order valence-corrected chi connectivity index (χ1v) is 7.29. The molecule has 0 radical (unpaired) electrons. The molecule has 3 saturated carbocycles. The second kappa shape index (κ2) is 4.08. The van der Waals surface area contributed by atoms with Crippen molar-refractivity contribution in [1.29, 1.82) is 0 Å². The van der Waals surface area contributed by atoms with Gasteiger partial charge in [0.05, 0.1) is 5.56 Å². The number of fused-ring (bicyclic) bond motifs is 5. The summed E-state index contributed by atoms with van der Waals surface area (Å²) in [6.07, 6.45) is 4.01. The number of aromatic carboxylic acids is 1. The first kappa shape index (κ1) is 11.9. The zero-order valence-corrected chi connectivity index (χ0v) is 11.1. The summed E-state index contributed by atoms with van der Waals surface area (Å²) in [6, 6.07) is 6.59. The second-order valence-corrected chi connectivity index (χ2v) is 6.37. The monoisotopic (exact) mass is 271 g/mol. The lowest BCUT2D eigenvalue weighted by Crippen LogP contribution is -2.30. The average Bonchev–Trinajstić information content (AvgIpc) is 2.84. The number of carbonyl (C=O) groups is 2. The fourth-order valence-corrected chi connectivity index (χ4v) is 4.55. The summed E-state index contributed by atoms with van der Waals surface area (Å²) >= 11 is 0. The lowest BCUT2D eigenvalue weighted by molar-refractivity contribution is 0.0697. The minimum atomic E-state index is -0.999. The number of carboxylic acid groups (broad SMARTS) is 1. The third-order valence-corrected chi connectivity index (χ3v) is 5.40. The van der Waals surface area contributed by atoms with Crippen molar-refractivity contribution >= 4 is 11.9 Å². The maximum Gasteiger partial charge on any atom is 0.335 e. The van der Waals surface area contributed by atoms with E-state index in [9.17, 15) is 9.59 Å². The highest BCUT2D eigenvalue weighted by molar-refractivity contribution is 5.97. The molecular formula is C16H17NO3. The number of carboxylic acids is 1. The maximum absolute atomic E-state index is 12.2. The zero-order valence-electron chi connectivity index (χ0n) is 11.1. The number of benzene rings is 1. The van der Waals surface area contributed by atoms with E-state index in [2.05, 4.69) is 5.32 Å². The Bertz CT molecular complexity index is 581. The number of hydrogen-bond acceptors (Lipinski definition) is 2. The number of hydrogen-bond donors (Lipinski definition) is 2. The highest BCUT2D eigenvalue weighted by Gasteiger charge is 2.65. The van der Waals surface area contributed by atoms with Crippen molar-refractivity contribution in [2.24, 2.45) is 23.7 Å². The minimum absolute atomic E-state index is 0.133. The van der Waals surface area contributed by atoms with E-state index in [4.69, 9.17) is 5.11 Å². The Kier molecular flexibility index (Phi) is 2.43. The van der Waals surface area contributed by atoms with E-state index in [1.54, 1.807) is 12.1 Å². The molecule has 1 amide bonds. The predicted octanol–water partition coefficient (Wildman–Crippen LogP) is 2.16. The van der Waals surface area contributed by atoms with E-state index in [0.717, 1.165) is 11.8 Å². The molecule has 104 valence electrons. The van der Waals surface area contributed by atoms with Crippen LogP contribution in [0, 0.1) is 23.7 Å². The number of carbonyl (C=O) groups excluding carboxylic acids is 1. The topological polar surface area (TPSA) is 66.4 Å². The summed E-state index contributed by atoms with van der Waals surface area (Å²) in [5, 5.41) is 12.1. The van der Waals surface area contributed by atoms with Crippen molar-refractivity contribution in [3.63, 3.8) is 0 Å². The summed E-state index contributed by atoms with van der Waals surface area (Å²) in [5.74, 6) is 1.90. The first-order chi connectivity index (χ1) is 9.65. The van der Waals surface area contributed by atoms with Crippen LogP contribution in [0.4, 0.5) is 0 Å². The van der Waals surface area contributed by atoms with Crippen LogP contribution in [0.5, 0.6) is 0 Å². The molecule has 4 unspecified atom stereocenters. The van der Waals surface area contributed by atoms with Crippen LogP contribution in [-0.4, -0.2) is 23.0 Å². The molecule has 3 fully saturated rings. The van der Waals surface area contributed by atoms with Gasteiger partial charge < -0.3 is 10.4 Å². The third kappa shape index (κ3) is 1.67. The van der Waals surface area contributed by atoms with Gasteiger partial charge in [0.15, 0.2) is 0 Å². The maximum atomic E-state index is 12.2. The van der Waals surface area contributed by atoms with Gasteiger partial charge >= 0.3 is 5.97 Å². The highest BCUT2D eigenvalue weighted by atomic mass is 16.4. The molecule has 2 N–H and O–H groups in total. The van der Waals surface area contributed by atoms with Crippen molar-refractivity contribution < 1.29 is 14.7 Å². The van der Waals surface area contributed by atoms with Crippen LogP contribution < -0.4 is 5.32 Å². The standard InChI is InChI=1S/C16H17NO3/c18-15(10-2-1-3-11(7-10)16(19)20)17-14-12-8-4-5-9(6-8)13(12)14/h1-3,7-9,12-14H,4-6H2,(H,17,18)(H,19,20). The van der Waals surface area contributed by atoms with Gasteiger partial charge in [-0.1, -0.05) is 6.07 Å². The number of nitrogens with one attached hydrogen (secondary N) is 1. The van der Waals surface area contributed by atoms with Gasteiger partial charge in [-0.3, -0.25) is 4.79 Å². The molecular weight excluding hydrogens is 254 g/mol. The minimum Gasteiger partial charge on any atom is -0.478 e. The van der Waals surface area contributed by atoms with Crippen molar-refractivity contribution in [2.45, 2.75) is 25.3 Å². The van der Waals surface area contributed by atoms with Crippen LogP contribution in [0.25, 0.3) is 0 Å². The van der Waals surface area contributed by atoms with Gasteiger partial charge in [0, 0.05) is 11.6 Å². The first-order valence-electron chi connectivity index (χ1n) is 7.29. The van der Waals surface area contributed by atoms with Gasteiger partial charge in [0.25, 0.3) is 5.91 Å². The van der Waals surface area contributed by atoms with Crippen molar-refractivity contribution in [1.82, 2.24) is 5.32 Å². The van der Waals surface area contributed by atoms with Crippen molar-refractivity contribution in [2.75, 3.05) is 0 Å². The van der Waals surface area contributed by atoms with Crippen LogP contribution in [0.2, 0.25) is 0 Å². The van der Waals surface area contributed by atoms with E-state index < -0.39 is 5.97 Å². The summed E-state index contributed by atoms with van der Waals surface area (Å²) in [4.78, 5) is 23.2. The average molecular weight is 271 g/mol. The third-order valence-electron chi connectivity index (χ3n) is 5.40. The van der Waals surface area contributed by atoms with Crippen LogP contribution in [-0.2, 0) is 0 Å². The Hall–Kier alpha value is -1.84. The Morgan fingerprint density at radius 3 is 2.40 bits per heavy atom. The molecule has 20 heavy (non-hydrogen) atoms. The summed E-state index contributed by atoms with van der Waals surface area (Å²) in [7, 11) is 0. The van der Waals surface area contributed by atoms with E-state index >= 15 is 0 Å². The van der Waals surface area contributed by atoms with Gasteiger partial charge in [-0.25, -0.2) is 4.79 Å². The fourth-order valence-electron chi connectivity index (χ4n) is 4.55. The van der Waals surface area contributed by atoms with Crippen LogP contribution in [0.15, 0.2) is 24.3 Å². The summed E-state index contributed by atoms with van der Waals surface area (Å²) in [5.41, 5.74) is 0.607. The van der Waals surface area contributed by atoms with Crippen molar-refractivity contribution in [3.05, 3.63) is 35.4 Å². The Morgan fingerprint density at radius 1 is 1.10 bits per heavy atom. The predicted molar refractivity (Wildman–Crippen MR) is 72.5 cm³/mol. The van der Waals surface area contributed by atoms with E-state index in [1.165, 1.54) is 31.4 Å². The van der Waals surface area contributed by atoms with Crippen LogP contribution >= 0.6 is 0 Å². The quantitative estimate of drug-likeness (QED) is 0.885. The summed E-state index contributed by atoms with van der Waals surface area (Å²) in [6.45, 7) is 0. The Labute approximate surface area is 117 Å². The molecule has 0 saturated heterocycles. The number of rotatable bonds is 3. The van der Waals surface area contributed by atoms with Gasteiger partial charge in [-0.2, -0.15) is 0 Å². The lowest BCUT2D eigenvalue weighted by Gasteiger charge is -2.11. The van der Waals surface area contributed by atoms with Gasteiger partial charge in [0.2, 0.25) is 0 Å². The molecule has 1 aromatic rings. The molecule has 3 aliphatic rings. The largest absolute Gasteiger partial charge is 0.478 e. The summed E-state index contributed by atoms with van der Waals surface area (Å²) < 4.78 is 0. The van der Waals surface area contributed by atoms with Crippen LogP contribution in [0.3, 0.4) is 0 Å². The van der Waals surface area contributed by atoms with Gasteiger partial charge in [-0.05, 0) is 61.1 Å². The van der Waals surface area contributed by atoms with E-state index in [1.807, 2.05) is 0 Å². The molecule has 4 heteroatoms. The van der Waals surface area contributed by atoms with E-state index in [0.29, 0.717) is 23.4 Å². The lowest BCUT2D eigenvalue weighted by atomic mass is 10.0. The smallest absolute Gasteiger partial charge is 0.335 e. The molecule has 0 aliphatic heterocycles. The van der Waals surface area contributed by atoms with Crippen molar-refractivity contribution in [3.8, 4) is 0 Å². The second-order valence-electron chi connectivity index (χ2n) is 6.37. The molecule has 0 spiro atoms. The molecule has 0 heterocycles. The molecule has 4 nitrogen and oxygen atoms in total. The molecule has 0 aromatic heterocycles. The highest BCUT2D eigenvalue weighted by Crippen LogP contribution is 2.65. The molecule has 4 atom stereocenters. The fraction of sp³-hybridized carbons (Fsp3) is 0.500. The zero-order chi connectivity index (χ0) is 13.9. The molecule has 1 aromatic carbocycles. The molecule has 2 bridgehead atoms. The molecule has 3 aliphatic carbocycles.